The van der Waals surface area contributed by atoms with Gasteiger partial charge in [0.25, 0.3) is 0 Å². The first kappa shape index (κ1) is 14.5. The number of nitrogens with two attached hydrogens (primary N) is 1. The molecule has 0 fully saturated rings. The Hall–Kier alpha value is -1.88. The fraction of sp³-hybridized carbons (Fsp3) is 0.467. The van der Waals surface area contributed by atoms with Gasteiger partial charge in [-0.15, -0.1) is 0 Å². The van der Waals surface area contributed by atoms with E-state index in [1.54, 1.807) is 7.11 Å². The summed E-state index contributed by atoms with van der Waals surface area (Å²) in [6.07, 6.45) is 3.69. The van der Waals surface area contributed by atoms with Crippen molar-refractivity contribution in [2.75, 3.05) is 7.11 Å². The topological polar surface area (TPSA) is 74.2 Å². The molecule has 0 saturated heterocycles. The number of unbranched alkanes of at least 4 members (excludes halogenated alkanes) is 1. The fourth-order valence-electron chi connectivity index (χ4n) is 1.96. The number of hydrogen-bond acceptors (Lipinski definition) is 5. The van der Waals surface area contributed by atoms with E-state index in [0.29, 0.717) is 18.1 Å². The van der Waals surface area contributed by atoms with Gasteiger partial charge in [0.15, 0.2) is 5.82 Å². The second-order valence-electron chi connectivity index (χ2n) is 4.82. The summed E-state index contributed by atoms with van der Waals surface area (Å²) in [6, 6.07) is 7.66. The molecule has 2 rings (SSSR count). The first-order valence-electron chi connectivity index (χ1n) is 6.94. The van der Waals surface area contributed by atoms with Crippen LogP contribution < -0.4 is 10.5 Å². The Morgan fingerprint density at radius 1 is 1.30 bits per heavy atom. The highest BCUT2D eigenvalue weighted by atomic mass is 16.5. The van der Waals surface area contributed by atoms with Crippen LogP contribution in [0.25, 0.3) is 0 Å². The lowest BCUT2D eigenvalue weighted by atomic mass is 10.1. The number of nitrogens with zero attached hydrogens (tertiary/aromatic N) is 2. The van der Waals surface area contributed by atoms with Crippen LogP contribution in [-0.2, 0) is 6.42 Å². The predicted molar refractivity (Wildman–Crippen MR) is 76.6 cm³/mol. The van der Waals surface area contributed by atoms with E-state index in [0.717, 1.165) is 30.6 Å². The Balaban J connectivity index is 1.97. The van der Waals surface area contributed by atoms with Crippen LogP contribution in [0.4, 0.5) is 0 Å². The summed E-state index contributed by atoms with van der Waals surface area (Å²) in [7, 11) is 1.65. The molecule has 1 heterocycles. The number of aromatic nitrogens is 2. The van der Waals surface area contributed by atoms with Crippen molar-refractivity contribution in [3.8, 4) is 5.75 Å². The molecular weight excluding hydrogens is 254 g/mol. The van der Waals surface area contributed by atoms with Crippen molar-refractivity contribution in [2.45, 2.75) is 38.6 Å². The minimum atomic E-state index is -0.160. The lowest BCUT2D eigenvalue weighted by molar-refractivity contribution is 0.343. The van der Waals surface area contributed by atoms with Crippen LogP contribution in [0.5, 0.6) is 5.75 Å². The number of rotatable bonds is 7. The monoisotopic (exact) mass is 275 g/mol. The average molecular weight is 275 g/mol. The van der Waals surface area contributed by atoms with E-state index in [-0.39, 0.29) is 6.04 Å². The molecule has 0 aliphatic rings. The zero-order chi connectivity index (χ0) is 14.4. The number of benzene rings is 1. The maximum absolute atomic E-state index is 6.01. The largest absolute Gasteiger partial charge is 0.497 e. The van der Waals surface area contributed by atoms with Gasteiger partial charge >= 0.3 is 0 Å². The van der Waals surface area contributed by atoms with Crippen molar-refractivity contribution in [1.82, 2.24) is 10.1 Å². The number of hydrogen-bond donors (Lipinski definition) is 1. The molecule has 108 valence electrons. The Bertz CT molecular complexity index is 522. The molecule has 0 bridgehead atoms. The Labute approximate surface area is 119 Å². The van der Waals surface area contributed by atoms with Crippen molar-refractivity contribution in [3.63, 3.8) is 0 Å². The summed E-state index contributed by atoms with van der Waals surface area (Å²) >= 11 is 0. The Morgan fingerprint density at radius 3 is 2.70 bits per heavy atom. The van der Waals surface area contributed by atoms with Gasteiger partial charge in [-0.25, -0.2) is 0 Å². The number of methoxy groups -OCH3 is 1. The number of ether oxygens (including phenoxy) is 1. The third-order valence-corrected chi connectivity index (χ3v) is 3.19. The molecule has 0 saturated carbocycles. The molecule has 0 aliphatic heterocycles. The second kappa shape index (κ2) is 7.05. The Morgan fingerprint density at radius 2 is 2.05 bits per heavy atom. The van der Waals surface area contributed by atoms with Crippen LogP contribution in [0.2, 0.25) is 0 Å². The molecule has 0 spiro atoms. The van der Waals surface area contributed by atoms with Gasteiger partial charge in [0.2, 0.25) is 5.89 Å². The molecule has 1 aromatic heterocycles. The molecule has 0 aliphatic carbocycles. The van der Waals surface area contributed by atoms with Crippen LogP contribution in [0.1, 0.15) is 49.5 Å². The van der Waals surface area contributed by atoms with Crippen LogP contribution in [0, 0.1) is 0 Å². The summed E-state index contributed by atoms with van der Waals surface area (Å²) in [5, 5.41) is 3.99. The average Bonchev–Trinajstić information content (AvgIpc) is 2.94. The molecule has 5 heteroatoms. The summed E-state index contributed by atoms with van der Waals surface area (Å²) < 4.78 is 10.4. The standard InChI is InChI=1S/C15H21N3O2/c1-3-4-5-13(16)15-17-14(18-20-15)10-11-6-8-12(19-2)9-7-11/h6-9,13H,3-5,10,16H2,1-2H3/t13-/m0/s1. The maximum Gasteiger partial charge on any atom is 0.243 e. The van der Waals surface area contributed by atoms with Crippen molar-refractivity contribution in [2.24, 2.45) is 5.73 Å². The molecule has 2 aromatic rings. The molecule has 0 unspecified atom stereocenters. The zero-order valence-electron chi connectivity index (χ0n) is 12.0. The zero-order valence-corrected chi connectivity index (χ0v) is 12.0. The molecule has 1 atom stereocenters. The van der Waals surface area contributed by atoms with Crippen molar-refractivity contribution < 1.29 is 9.26 Å². The van der Waals surface area contributed by atoms with Crippen molar-refractivity contribution in [3.05, 3.63) is 41.5 Å². The van der Waals surface area contributed by atoms with E-state index < -0.39 is 0 Å². The SMILES string of the molecule is CCCC[C@H](N)c1nc(Cc2ccc(OC)cc2)no1. The van der Waals surface area contributed by atoms with E-state index in [1.807, 2.05) is 24.3 Å². The molecule has 5 nitrogen and oxygen atoms in total. The fourth-order valence-corrected chi connectivity index (χ4v) is 1.96. The second-order valence-corrected chi connectivity index (χ2v) is 4.82. The predicted octanol–water partition coefficient (Wildman–Crippen LogP) is 2.86. The third kappa shape index (κ3) is 3.81. The van der Waals surface area contributed by atoms with E-state index in [2.05, 4.69) is 17.1 Å². The van der Waals surface area contributed by atoms with Gasteiger partial charge < -0.3 is 15.0 Å². The van der Waals surface area contributed by atoms with Gasteiger partial charge in [0.05, 0.1) is 13.2 Å². The molecular formula is C15H21N3O2. The molecule has 0 radical (unpaired) electrons. The van der Waals surface area contributed by atoms with Crippen molar-refractivity contribution >= 4 is 0 Å². The highest BCUT2D eigenvalue weighted by Crippen LogP contribution is 2.17. The first-order chi connectivity index (χ1) is 9.72. The van der Waals surface area contributed by atoms with Crippen LogP contribution >= 0.6 is 0 Å². The quantitative estimate of drug-likeness (QED) is 0.841. The summed E-state index contributed by atoms with van der Waals surface area (Å²) in [6.45, 7) is 2.13. The maximum atomic E-state index is 6.01. The minimum Gasteiger partial charge on any atom is -0.497 e. The van der Waals surface area contributed by atoms with Crippen molar-refractivity contribution in [1.29, 1.82) is 0 Å². The van der Waals surface area contributed by atoms with Gasteiger partial charge in [-0.1, -0.05) is 37.1 Å². The first-order valence-corrected chi connectivity index (χ1v) is 6.94. The van der Waals surface area contributed by atoms with Gasteiger partial charge in [-0.3, -0.25) is 0 Å². The molecule has 20 heavy (non-hydrogen) atoms. The Kier molecular flexibility index (Phi) is 5.12. The normalized spacial score (nSPS) is 12.3. The lowest BCUT2D eigenvalue weighted by Gasteiger charge is -2.03. The van der Waals surface area contributed by atoms with Gasteiger partial charge in [-0.2, -0.15) is 4.98 Å². The highest BCUT2D eigenvalue weighted by Gasteiger charge is 2.14. The van der Waals surface area contributed by atoms with Gasteiger partial charge in [-0.05, 0) is 24.1 Å². The lowest BCUT2D eigenvalue weighted by Crippen LogP contribution is -2.10. The molecule has 1 aromatic carbocycles. The molecule has 0 amide bonds. The summed E-state index contributed by atoms with van der Waals surface area (Å²) in [5.41, 5.74) is 7.12. The highest BCUT2D eigenvalue weighted by molar-refractivity contribution is 5.28. The van der Waals surface area contributed by atoms with Gasteiger partial charge in [0.1, 0.15) is 5.75 Å². The smallest absolute Gasteiger partial charge is 0.243 e. The minimum absolute atomic E-state index is 0.160. The summed E-state index contributed by atoms with van der Waals surface area (Å²) in [5.74, 6) is 2.03. The molecule has 2 N–H and O–H groups in total. The third-order valence-electron chi connectivity index (χ3n) is 3.19. The van der Waals surface area contributed by atoms with Crippen LogP contribution in [-0.4, -0.2) is 17.3 Å². The summed E-state index contributed by atoms with van der Waals surface area (Å²) in [4.78, 5) is 4.37. The van der Waals surface area contributed by atoms with Crippen LogP contribution in [0.15, 0.2) is 28.8 Å². The van der Waals surface area contributed by atoms with E-state index in [1.165, 1.54) is 0 Å². The van der Waals surface area contributed by atoms with Crippen LogP contribution in [0.3, 0.4) is 0 Å². The van der Waals surface area contributed by atoms with Gasteiger partial charge in [0, 0.05) is 6.42 Å². The van der Waals surface area contributed by atoms with E-state index >= 15 is 0 Å². The van der Waals surface area contributed by atoms with E-state index in [9.17, 15) is 0 Å². The van der Waals surface area contributed by atoms with E-state index in [4.69, 9.17) is 15.0 Å².